The van der Waals surface area contributed by atoms with Crippen LogP contribution in [0.4, 0.5) is 0 Å². The van der Waals surface area contributed by atoms with Crippen LogP contribution in [0.3, 0.4) is 0 Å². The van der Waals surface area contributed by atoms with Gasteiger partial charge in [-0.15, -0.1) is 0 Å². The molecule has 0 atom stereocenters. The molecule has 96 valence electrons. The van der Waals surface area contributed by atoms with Crippen LogP contribution in [0, 0.1) is 0 Å². The predicted octanol–water partition coefficient (Wildman–Crippen LogP) is 4.11. The van der Waals surface area contributed by atoms with Crippen LogP contribution >= 0.6 is 0 Å². The van der Waals surface area contributed by atoms with Gasteiger partial charge in [-0.3, -0.25) is 0 Å². The normalized spacial score (nSPS) is 14.9. The molecule has 2 aromatic rings. The summed E-state index contributed by atoms with van der Waals surface area (Å²) in [6.07, 6.45) is 5.73. The topological polar surface area (TPSA) is 3.24 Å². The van der Waals surface area contributed by atoms with Crippen molar-refractivity contribution in [1.29, 1.82) is 0 Å². The van der Waals surface area contributed by atoms with Crippen LogP contribution in [0.2, 0.25) is 0 Å². The Labute approximate surface area is 114 Å². The maximum absolute atomic E-state index is 2.34. The van der Waals surface area contributed by atoms with E-state index in [9.17, 15) is 0 Å². The summed E-state index contributed by atoms with van der Waals surface area (Å²) in [6.45, 7) is 1.02. The summed E-state index contributed by atoms with van der Waals surface area (Å²) in [6, 6.07) is 15.3. The van der Waals surface area contributed by atoms with Crippen molar-refractivity contribution in [3.63, 3.8) is 0 Å². The summed E-state index contributed by atoms with van der Waals surface area (Å²) in [5.41, 5.74) is 4.21. The number of allylic oxidation sites excluding steroid dienone is 2. The summed E-state index contributed by atoms with van der Waals surface area (Å²) in [7, 11) is 4.23. The minimum atomic E-state index is 1.02. The van der Waals surface area contributed by atoms with E-state index >= 15 is 0 Å². The van der Waals surface area contributed by atoms with Gasteiger partial charge < -0.3 is 4.90 Å². The number of rotatable bonds is 3. The Hall–Kier alpha value is -1.86. The molecule has 0 heterocycles. The van der Waals surface area contributed by atoms with Crippen molar-refractivity contribution in [2.45, 2.75) is 6.42 Å². The predicted molar refractivity (Wildman–Crippen MR) is 83.2 cm³/mol. The van der Waals surface area contributed by atoms with Crippen LogP contribution < -0.4 is 0 Å². The molecular formula is C18H19N. The van der Waals surface area contributed by atoms with E-state index in [1.807, 2.05) is 0 Å². The fourth-order valence-corrected chi connectivity index (χ4v) is 2.65. The molecule has 0 aliphatic heterocycles. The van der Waals surface area contributed by atoms with Crippen LogP contribution in [0.5, 0.6) is 0 Å². The summed E-state index contributed by atoms with van der Waals surface area (Å²) in [5.74, 6) is 0. The molecule has 0 bridgehead atoms. The molecule has 1 heteroatoms. The lowest BCUT2D eigenvalue weighted by molar-refractivity contribution is 0.449. The molecule has 0 unspecified atom stereocenters. The fraction of sp³-hybridized carbons (Fsp3) is 0.222. The fourth-order valence-electron chi connectivity index (χ4n) is 2.65. The first-order valence-electron chi connectivity index (χ1n) is 6.76. The van der Waals surface area contributed by atoms with Crippen molar-refractivity contribution < 1.29 is 0 Å². The van der Waals surface area contributed by atoms with Crippen molar-refractivity contribution in [2.75, 3.05) is 20.6 Å². The lowest BCUT2D eigenvalue weighted by Gasteiger charge is -2.08. The zero-order chi connectivity index (χ0) is 13.2. The first kappa shape index (κ1) is 12.2. The second kappa shape index (κ2) is 5.02. The number of fused-ring (bicyclic) bond motifs is 1. The second-order valence-corrected chi connectivity index (χ2v) is 5.45. The van der Waals surface area contributed by atoms with E-state index in [1.165, 1.54) is 27.5 Å². The van der Waals surface area contributed by atoms with Crippen LogP contribution in [0.25, 0.3) is 16.3 Å². The standard InChI is InChI=1S/C18H19N/c1-19(2)13-14-7-8-17(11-14)18-10-9-15-5-3-4-6-16(15)12-18/h3-7,9-12H,8,13H2,1-2H3. The maximum Gasteiger partial charge on any atom is 0.0224 e. The zero-order valence-electron chi connectivity index (χ0n) is 11.6. The quantitative estimate of drug-likeness (QED) is 0.791. The zero-order valence-corrected chi connectivity index (χ0v) is 11.6. The number of nitrogens with zero attached hydrogens (tertiary/aromatic N) is 1. The van der Waals surface area contributed by atoms with Crippen molar-refractivity contribution in [2.24, 2.45) is 0 Å². The lowest BCUT2D eigenvalue weighted by Crippen LogP contribution is -2.13. The summed E-state index contributed by atoms with van der Waals surface area (Å²) < 4.78 is 0. The highest BCUT2D eigenvalue weighted by Crippen LogP contribution is 2.29. The Bertz CT molecular complexity index is 662. The van der Waals surface area contributed by atoms with Crippen LogP contribution in [0.1, 0.15) is 12.0 Å². The summed E-state index contributed by atoms with van der Waals surface area (Å²) >= 11 is 0. The monoisotopic (exact) mass is 249 g/mol. The van der Waals surface area contributed by atoms with Gasteiger partial charge in [0, 0.05) is 6.54 Å². The van der Waals surface area contributed by atoms with Gasteiger partial charge in [0.2, 0.25) is 0 Å². The van der Waals surface area contributed by atoms with Crippen molar-refractivity contribution in [3.8, 4) is 0 Å². The molecule has 19 heavy (non-hydrogen) atoms. The van der Waals surface area contributed by atoms with Crippen molar-refractivity contribution in [1.82, 2.24) is 4.90 Å². The van der Waals surface area contributed by atoms with Gasteiger partial charge in [0.15, 0.2) is 0 Å². The molecule has 0 aromatic heterocycles. The van der Waals surface area contributed by atoms with Gasteiger partial charge in [-0.1, -0.05) is 48.6 Å². The SMILES string of the molecule is CN(C)CC1=CCC(c2ccc3ccccc3c2)=C1. The average molecular weight is 249 g/mol. The third-order valence-electron chi connectivity index (χ3n) is 3.56. The molecule has 0 saturated carbocycles. The Kier molecular flexibility index (Phi) is 3.22. The summed E-state index contributed by atoms with van der Waals surface area (Å²) in [5, 5.41) is 2.63. The number of benzene rings is 2. The third kappa shape index (κ3) is 2.61. The molecule has 0 spiro atoms. The van der Waals surface area contributed by atoms with E-state index in [1.54, 1.807) is 0 Å². The van der Waals surface area contributed by atoms with Crippen LogP contribution in [0.15, 0.2) is 60.2 Å². The minimum absolute atomic E-state index is 1.02. The highest BCUT2D eigenvalue weighted by molar-refractivity contribution is 5.87. The largest absolute Gasteiger partial charge is 0.305 e. The first-order chi connectivity index (χ1) is 9.22. The van der Waals surface area contributed by atoms with E-state index in [0.29, 0.717) is 0 Å². The molecule has 2 aromatic carbocycles. The van der Waals surface area contributed by atoms with E-state index in [4.69, 9.17) is 0 Å². The molecule has 0 N–H and O–H groups in total. The third-order valence-corrected chi connectivity index (χ3v) is 3.56. The second-order valence-electron chi connectivity index (χ2n) is 5.45. The van der Waals surface area contributed by atoms with E-state index in [0.717, 1.165) is 13.0 Å². The van der Waals surface area contributed by atoms with Crippen LogP contribution in [-0.2, 0) is 0 Å². The van der Waals surface area contributed by atoms with Gasteiger partial charge in [-0.2, -0.15) is 0 Å². The first-order valence-corrected chi connectivity index (χ1v) is 6.76. The summed E-state index contributed by atoms with van der Waals surface area (Å²) in [4.78, 5) is 2.21. The Morgan fingerprint density at radius 3 is 2.58 bits per heavy atom. The van der Waals surface area contributed by atoms with E-state index < -0.39 is 0 Å². The number of hydrogen-bond acceptors (Lipinski definition) is 1. The van der Waals surface area contributed by atoms with Crippen molar-refractivity contribution in [3.05, 3.63) is 65.8 Å². The lowest BCUT2D eigenvalue weighted by atomic mass is 10.0. The molecule has 3 rings (SSSR count). The van der Waals surface area contributed by atoms with Crippen LogP contribution in [-0.4, -0.2) is 25.5 Å². The Balaban J connectivity index is 1.90. The van der Waals surface area contributed by atoms with Gasteiger partial charge in [-0.25, -0.2) is 0 Å². The molecule has 0 amide bonds. The molecule has 1 nitrogen and oxygen atoms in total. The molecular weight excluding hydrogens is 230 g/mol. The Morgan fingerprint density at radius 1 is 1.00 bits per heavy atom. The highest BCUT2D eigenvalue weighted by atomic mass is 15.0. The van der Waals surface area contributed by atoms with Gasteiger partial charge in [-0.05, 0) is 54.1 Å². The smallest absolute Gasteiger partial charge is 0.0224 e. The number of likely N-dealkylation sites (N-methyl/N-ethyl adjacent to an activating group) is 1. The van der Waals surface area contributed by atoms with Gasteiger partial charge in [0.1, 0.15) is 0 Å². The van der Waals surface area contributed by atoms with Gasteiger partial charge in [0.25, 0.3) is 0 Å². The average Bonchev–Trinajstić information content (AvgIpc) is 2.86. The minimum Gasteiger partial charge on any atom is -0.305 e. The molecule has 0 fully saturated rings. The van der Waals surface area contributed by atoms with Gasteiger partial charge in [0.05, 0.1) is 0 Å². The van der Waals surface area contributed by atoms with Gasteiger partial charge >= 0.3 is 0 Å². The maximum atomic E-state index is 2.34. The molecule has 0 radical (unpaired) electrons. The molecule has 1 aliphatic carbocycles. The van der Waals surface area contributed by atoms with Crippen molar-refractivity contribution >= 4 is 16.3 Å². The molecule has 0 saturated heterocycles. The molecule has 1 aliphatic rings. The van der Waals surface area contributed by atoms with E-state index in [2.05, 4.69) is 73.6 Å². The van der Waals surface area contributed by atoms with E-state index in [-0.39, 0.29) is 0 Å². The Morgan fingerprint density at radius 2 is 1.79 bits per heavy atom. The highest BCUT2D eigenvalue weighted by Gasteiger charge is 2.09. The number of hydrogen-bond donors (Lipinski definition) is 0.